The van der Waals surface area contributed by atoms with Gasteiger partial charge in [0.25, 0.3) is 0 Å². The lowest BCUT2D eigenvalue weighted by Gasteiger charge is -2.36. The Morgan fingerprint density at radius 3 is 2.12 bits per heavy atom. The number of likely N-dealkylation sites (tertiary alicyclic amines) is 1. The number of amides is 2. The molecule has 0 aromatic rings. The van der Waals surface area contributed by atoms with Gasteiger partial charge in [0.2, 0.25) is 0 Å². The van der Waals surface area contributed by atoms with Gasteiger partial charge in [0.05, 0.1) is 0 Å². The number of carbonyl (C=O) groups excluding carboxylic acids is 1. The molecule has 1 aliphatic rings. The van der Waals surface area contributed by atoms with E-state index in [1.54, 1.807) is 4.90 Å². The van der Waals surface area contributed by atoms with Gasteiger partial charge in [-0.25, -0.2) is 9.59 Å². The summed E-state index contributed by atoms with van der Waals surface area (Å²) >= 11 is 0. The van der Waals surface area contributed by atoms with Crippen LogP contribution in [0.5, 0.6) is 0 Å². The first-order valence-corrected chi connectivity index (χ1v) is 6.03. The zero-order valence-electron chi connectivity index (χ0n) is 11.0. The van der Waals surface area contributed by atoms with Gasteiger partial charge < -0.3 is 15.3 Å². The third kappa shape index (κ3) is 3.61. The molecule has 0 spiro atoms. The standard InChI is InChI=1S/C12H22N2O3/c1-8-5-9(2)7-14(6-8)11(17)13-12(3,4)10(15)16/h8-9H,5-7H2,1-4H3,(H,13,17)(H,15,16). The van der Waals surface area contributed by atoms with Crippen LogP contribution < -0.4 is 5.32 Å². The summed E-state index contributed by atoms with van der Waals surface area (Å²) < 4.78 is 0. The summed E-state index contributed by atoms with van der Waals surface area (Å²) in [6, 6.07) is -0.282. The molecule has 0 saturated carbocycles. The average molecular weight is 242 g/mol. The Kier molecular flexibility index (Phi) is 4.01. The average Bonchev–Trinajstić information content (AvgIpc) is 2.15. The van der Waals surface area contributed by atoms with E-state index in [1.807, 2.05) is 0 Å². The van der Waals surface area contributed by atoms with Crippen LogP contribution in [0.1, 0.15) is 34.1 Å². The minimum atomic E-state index is -1.22. The molecular weight excluding hydrogens is 220 g/mol. The van der Waals surface area contributed by atoms with Gasteiger partial charge in [-0.2, -0.15) is 0 Å². The molecule has 0 radical (unpaired) electrons. The predicted molar refractivity (Wildman–Crippen MR) is 64.8 cm³/mol. The fraction of sp³-hybridized carbons (Fsp3) is 0.833. The van der Waals surface area contributed by atoms with Crippen molar-refractivity contribution in [2.75, 3.05) is 13.1 Å². The summed E-state index contributed by atoms with van der Waals surface area (Å²) in [6.45, 7) is 8.60. The first-order valence-electron chi connectivity index (χ1n) is 6.03. The van der Waals surface area contributed by atoms with Crippen LogP contribution in [0.15, 0.2) is 0 Å². The first-order chi connectivity index (χ1) is 7.72. The third-order valence-corrected chi connectivity index (χ3v) is 3.11. The van der Waals surface area contributed by atoms with Crippen molar-refractivity contribution in [2.24, 2.45) is 11.8 Å². The van der Waals surface area contributed by atoms with Crippen LogP contribution in [0.4, 0.5) is 4.79 Å². The zero-order chi connectivity index (χ0) is 13.2. The molecule has 17 heavy (non-hydrogen) atoms. The molecule has 1 aliphatic heterocycles. The molecule has 2 amide bonds. The van der Waals surface area contributed by atoms with Gasteiger partial charge in [0, 0.05) is 13.1 Å². The molecule has 5 heteroatoms. The van der Waals surface area contributed by atoms with Crippen LogP contribution in [-0.2, 0) is 4.79 Å². The number of carbonyl (C=O) groups is 2. The number of urea groups is 1. The van der Waals surface area contributed by atoms with Crippen LogP contribution in [0.25, 0.3) is 0 Å². The zero-order valence-corrected chi connectivity index (χ0v) is 11.0. The second-order valence-electron chi connectivity index (χ2n) is 5.71. The van der Waals surface area contributed by atoms with Crippen molar-refractivity contribution in [1.82, 2.24) is 10.2 Å². The highest BCUT2D eigenvalue weighted by Gasteiger charge is 2.33. The Morgan fingerprint density at radius 1 is 1.24 bits per heavy atom. The molecule has 0 aromatic heterocycles. The molecule has 1 heterocycles. The summed E-state index contributed by atoms with van der Waals surface area (Å²) in [6.07, 6.45) is 1.12. The highest BCUT2D eigenvalue weighted by molar-refractivity contribution is 5.85. The molecule has 0 bridgehead atoms. The fourth-order valence-electron chi connectivity index (χ4n) is 2.23. The SMILES string of the molecule is CC1CC(C)CN(C(=O)NC(C)(C)C(=O)O)C1. The summed E-state index contributed by atoms with van der Waals surface area (Å²) in [4.78, 5) is 24.6. The number of rotatable bonds is 2. The van der Waals surface area contributed by atoms with E-state index >= 15 is 0 Å². The predicted octanol–water partition coefficient (Wildman–Crippen LogP) is 1.54. The maximum absolute atomic E-state index is 12.0. The van der Waals surface area contributed by atoms with Crippen molar-refractivity contribution in [2.45, 2.75) is 39.7 Å². The van der Waals surface area contributed by atoms with Gasteiger partial charge in [-0.1, -0.05) is 13.8 Å². The smallest absolute Gasteiger partial charge is 0.328 e. The number of hydrogen-bond donors (Lipinski definition) is 2. The summed E-state index contributed by atoms with van der Waals surface area (Å²) in [5.41, 5.74) is -1.22. The Bertz CT molecular complexity index is 305. The maximum atomic E-state index is 12.0. The van der Waals surface area contributed by atoms with Crippen LogP contribution in [0, 0.1) is 11.8 Å². The Labute approximate surface area is 102 Å². The Morgan fingerprint density at radius 2 is 1.71 bits per heavy atom. The number of aliphatic carboxylic acids is 1. The molecule has 2 unspecified atom stereocenters. The number of carboxylic acids is 1. The normalized spacial score (nSPS) is 25.5. The molecular formula is C12H22N2O3. The van der Waals surface area contributed by atoms with Crippen molar-refractivity contribution < 1.29 is 14.7 Å². The Hall–Kier alpha value is -1.26. The number of carboxylic acid groups (broad SMARTS) is 1. The van der Waals surface area contributed by atoms with E-state index in [2.05, 4.69) is 19.2 Å². The molecule has 2 N–H and O–H groups in total. The van der Waals surface area contributed by atoms with E-state index in [-0.39, 0.29) is 6.03 Å². The van der Waals surface area contributed by atoms with Crippen LogP contribution >= 0.6 is 0 Å². The second kappa shape index (κ2) is 4.94. The largest absolute Gasteiger partial charge is 0.480 e. The number of hydrogen-bond acceptors (Lipinski definition) is 2. The summed E-state index contributed by atoms with van der Waals surface area (Å²) in [7, 11) is 0. The van der Waals surface area contributed by atoms with Gasteiger partial charge in [0.15, 0.2) is 0 Å². The fourth-order valence-corrected chi connectivity index (χ4v) is 2.23. The van der Waals surface area contributed by atoms with E-state index < -0.39 is 11.5 Å². The van der Waals surface area contributed by atoms with E-state index in [0.717, 1.165) is 6.42 Å². The van der Waals surface area contributed by atoms with E-state index in [1.165, 1.54) is 13.8 Å². The molecule has 5 nitrogen and oxygen atoms in total. The summed E-state index contributed by atoms with van der Waals surface area (Å²) in [5, 5.41) is 11.5. The first kappa shape index (κ1) is 13.8. The highest BCUT2D eigenvalue weighted by atomic mass is 16.4. The third-order valence-electron chi connectivity index (χ3n) is 3.11. The van der Waals surface area contributed by atoms with Crippen molar-refractivity contribution in [3.8, 4) is 0 Å². The van der Waals surface area contributed by atoms with Crippen molar-refractivity contribution >= 4 is 12.0 Å². The van der Waals surface area contributed by atoms with Gasteiger partial charge in [-0.15, -0.1) is 0 Å². The lowest BCUT2D eigenvalue weighted by atomic mass is 9.92. The molecule has 1 rings (SSSR count). The number of nitrogens with zero attached hydrogens (tertiary/aromatic N) is 1. The molecule has 98 valence electrons. The molecule has 2 atom stereocenters. The second-order valence-corrected chi connectivity index (χ2v) is 5.71. The Balaban J connectivity index is 2.61. The highest BCUT2D eigenvalue weighted by Crippen LogP contribution is 2.21. The lowest BCUT2D eigenvalue weighted by Crippen LogP contribution is -2.56. The van der Waals surface area contributed by atoms with Crippen LogP contribution in [-0.4, -0.2) is 40.6 Å². The van der Waals surface area contributed by atoms with Crippen LogP contribution in [0.2, 0.25) is 0 Å². The van der Waals surface area contributed by atoms with E-state index in [0.29, 0.717) is 24.9 Å². The minimum absolute atomic E-state index is 0.282. The molecule has 1 saturated heterocycles. The van der Waals surface area contributed by atoms with Gasteiger partial charge in [0.1, 0.15) is 5.54 Å². The van der Waals surface area contributed by atoms with Crippen LogP contribution in [0.3, 0.4) is 0 Å². The minimum Gasteiger partial charge on any atom is -0.480 e. The maximum Gasteiger partial charge on any atom is 0.328 e. The number of piperidine rings is 1. The van der Waals surface area contributed by atoms with Crippen molar-refractivity contribution in [3.63, 3.8) is 0 Å². The topological polar surface area (TPSA) is 69.6 Å². The summed E-state index contributed by atoms with van der Waals surface area (Å²) in [5.74, 6) is -0.0844. The quantitative estimate of drug-likeness (QED) is 0.771. The lowest BCUT2D eigenvalue weighted by molar-refractivity contribution is -0.143. The van der Waals surface area contributed by atoms with Gasteiger partial charge in [-0.05, 0) is 32.1 Å². The van der Waals surface area contributed by atoms with E-state index in [4.69, 9.17) is 5.11 Å². The van der Waals surface area contributed by atoms with Gasteiger partial charge >= 0.3 is 12.0 Å². The monoisotopic (exact) mass is 242 g/mol. The van der Waals surface area contributed by atoms with Gasteiger partial charge in [-0.3, -0.25) is 0 Å². The molecule has 1 fully saturated rings. The number of nitrogens with one attached hydrogen (secondary N) is 1. The van der Waals surface area contributed by atoms with E-state index in [9.17, 15) is 9.59 Å². The molecule has 0 aromatic carbocycles. The molecule has 0 aliphatic carbocycles. The van der Waals surface area contributed by atoms with Crippen molar-refractivity contribution in [1.29, 1.82) is 0 Å². The van der Waals surface area contributed by atoms with Crippen molar-refractivity contribution in [3.05, 3.63) is 0 Å².